The number of nitro benzene ring substituents is 1. The van der Waals surface area contributed by atoms with Crippen LogP contribution in [0.25, 0.3) is 22.1 Å². The number of hydrogen-bond acceptors (Lipinski definition) is 10. The molecular weight excluding hydrogens is 457 g/mol. The van der Waals surface area contributed by atoms with E-state index < -0.39 is 11.6 Å². The van der Waals surface area contributed by atoms with Crippen molar-refractivity contribution in [3.8, 4) is 5.75 Å². The fraction of sp³-hybridized carbons (Fsp3) is 0. The molecular formula is C18H12N7O5PS. The maximum atomic E-state index is 10.9. The molecule has 5 aromatic rings. The zero-order valence-electron chi connectivity index (χ0n) is 16.0. The fourth-order valence-corrected chi connectivity index (χ4v) is 4.54. The number of benzene rings is 3. The van der Waals surface area contributed by atoms with Crippen molar-refractivity contribution < 1.29 is 18.7 Å². The fourth-order valence-electron chi connectivity index (χ4n) is 2.81. The topological polar surface area (TPSA) is 132 Å². The zero-order valence-corrected chi connectivity index (χ0v) is 17.7. The van der Waals surface area contributed by atoms with Crippen molar-refractivity contribution in [3.05, 3.63) is 82.9 Å². The quantitative estimate of drug-likeness (QED) is 0.199. The summed E-state index contributed by atoms with van der Waals surface area (Å²) in [5.41, 5.74) is 2.14. The molecule has 0 aliphatic heterocycles. The molecule has 0 amide bonds. The van der Waals surface area contributed by atoms with E-state index >= 15 is 0 Å². The Morgan fingerprint density at radius 1 is 0.812 bits per heavy atom. The summed E-state index contributed by atoms with van der Waals surface area (Å²) in [5, 5.41) is 26.9. The highest BCUT2D eigenvalue weighted by Crippen LogP contribution is 2.44. The molecule has 0 bridgehead atoms. The highest BCUT2D eigenvalue weighted by molar-refractivity contribution is 8.07. The summed E-state index contributed by atoms with van der Waals surface area (Å²) >= 11 is 5.62. The molecule has 0 unspecified atom stereocenters. The van der Waals surface area contributed by atoms with Crippen LogP contribution >= 0.6 is 6.72 Å². The molecule has 0 aliphatic rings. The lowest BCUT2D eigenvalue weighted by atomic mass is 10.3. The summed E-state index contributed by atoms with van der Waals surface area (Å²) in [6.45, 7) is -3.68. The van der Waals surface area contributed by atoms with Crippen LogP contribution in [0.2, 0.25) is 0 Å². The van der Waals surface area contributed by atoms with E-state index in [1.807, 2.05) is 12.1 Å². The molecule has 2 aromatic heterocycles. The number of para-hydroxylation sites is 2. The van der Waals surface area contributed by atoms with Crippen LogP contribution in [0.4, 0.5) is 5.69 Å². The van der Waals surface area contributed by atoms with Crippen molar-refractivity contribution in [3.63, 3.8) is 0 Å². The molecule has 0 N–H and O–H groups in total. The molecule has 0 fully saturated rings. The minimum atomic E-state index is -3.68. The lowest BCUT2D eigenvalue weighted by Gasteiger charge is -2.21. The van der Waals surface area contributed by atoms with Crippen LogP contribution in [0.1, 0.15) is 0 Å². The van der Waals surface area contributed by atoms with Crippen LogP contribution in [-0.2, 0) is 11.8 Å². The molecule has 0 spiro atoms. The zero-order chi connectivity index (χ0) is 22.1. The minimum Gasteiger partial charge on any atom is -0.405 e. The molecule has 0 aliphatic carbocycles. The maximum absolute atomic E-state index is 10.9. The van der Waals surface area contributed by atoms with E-state index in [4.69, 9.17) is 25.6 Å². The predicted molar refractivity (Wildman–Crippen MR) is 116 cm³/mol. The third-order valence-corrected chi connectivity index (χ3v) is 6.03. The van der Waals surface area contributed by atoms with Crippen LogP contribution in [-0.4, -0.2) is 35.2 Å². The number of nitrogens with zero attached hydrogens (tertiary/aromatic N) is 7. The van der Waals surface area contributed by atoms with Gasteiger partial charge in [0.1, 0.15) is 27.8 Å². The Bertz CT molecular complexity index is 1410. The molecule has 2 heterocycles. The van der Waals surface area contributed by atoms with Crippen molar-refractivity contribution in [2.75, 3.05) is 0 Å². The molecule has 3 aromatic carbocycles. The van der Waals surface area contributed by atoms with Crippen LogP contribution in [0.15, 0.2) is 72.8 Å². The van der Waals surface area contributed by atoms with E-state index in [1.54, 1.807) is 36.4 Å². The maximum Gasteiger partial charge on any atom is 0.531 e. The summed E-state index contributed by atoms with van der Waals surface area (Å²) in [4.78, 5) is 12.6. The van der Waals surface area contributed by atoms with Gasteiger partial charge in [-0.3, -0.25) is 19.4 Å². The van der Waals surface area contributed by atoms with E-state index in [9.17, 15) is 10.1 Å². The standard InChI is InChI=1S/C18H12N7O5PS/c26-25(27)13-9-11-14(12-10-13)28-31(32,29-23-17-7-3-1-5-15(17)19-21-23)30-24-18-8-4-2-6-16(18)20-22-24/h1-12H. The normalized spacial score (nSPS) is 11.5. The van der Waals surface area contributed by atoms with Gasteiger partial charge in [0.25, 0.3) is 5.69 Å². The van der Waals surface area contributed by atoms with Gasteiger partial charge in [0.15, 0.2) is 0 Å². The summed E-state index contributed by atoms with van der Waals surface area (Å²) in [6.07, 6.45) is 0. The third-order valence-electron chi connectivity index (χ3n) is 4.26. The Kier molecular flexibility index (Phi) is 4.88. The van der Waals surface area contributed by atoms with Gasteiger partial charge in [-0.15, -0.1) is 10.2 Å². The molecule has 0 radical (unpaired) electrons. The Morgan fingerprint density at radius 2 is 1.31 bits per heavy atom. The second-order valence-electron chi connectivity index (χ2n) is 6.35. The number of aromatic nitrogens is 6. The molecule has 12 nitrogen and oxygen atoms in total. The first kappa shape index (κ1) is 19.8. The summed E-state index contributed by atoms with van der Waals surface area (Å²) in [7, 11) is 0. The number of fused-ring (bicyclic) bond motifs is 2. The summed E-state index contributed by atoms with van der Waals surface area (Å²) in [5.74, 6) is 0.202. The molecule has 160 valence electrons. The Hall–Kier alpha value is -4.09. The van der Waals surface area contributed by atoms with E-state index in [2.05, 4.69) is 20.6 Å². The van der Waals surface area contributed by atoms with Gasteiger partial charge in [-0.25, -0.2) is 0 Å². The smallest absolute Gasteiger partial charge is 0.405 e. The number of non-ortho nitro benzene ring substituents is 1. The highest BCUT2D eigenvalue weighted by atomic mass is 32.5. The van der Waals surface area contributed by atoms with E-state index in [1.165, 1.54) is 24.3 Å². The average Bonchev–Trinajstić information content (AvgIpc) is 3.38. The summed E-state index contributed by atoms with van der Waals surface area (Å²) in [6, 6.07) is 19.5. The van der Waals surface area contributed by atoms with Crippen LogP contribution < -0.4 is 13.8 Å². The molecule has 0 saturated heterocycles. The van der Waals surface area contributed by atoms with Gasteiger partial charge < -0.3 is 4.52 Å². The summed E-state index contributed by atoms with van der Waals surface area (Å²) < 4.78 is 17.6. The van der Waals surface area contributed by atoms with Gasteiger partial charge in [-0.2, -0.15) is 0 Å². The SMILES string of the molecule is O=[N+]([O-])c1ccc(OP(=S)(On2nnc3ccccc32)On2nnc3ccccc32)cc1. The third kappa shape index (κ3) is 3.82. The molecule has 0 atom stereocenters. The molecule has 32 heavy (non-hydrogen) atoms. The molecule has 5 rings (SSSR count). The number of nitro groups is 1. The van der Waals surface area contributed by atoms with Crippen LogP contribution in [0, 0.1) is 10.1 Å². The van der Waals surface area contributed by atoms with E-state index in [-0.39, 0.29) is 11.4 Å². The van der Waals surface area contributed by atoms with Crippen molar-refractivity contribution in [1.29, 1.82) is 0 Å². The lowest BCUT2D eigenvalue weighted by Crippen LogP contribution is -2.23. The monoisotopic (exact) mass is 469 g/mol. The van der Waals surface area contributed by atoms with Crippen molar-refractivity contribution in [1.82, 2.24) is 30.3 Å². The van der Waals surface area contributed by atoms with E-state index in [0.29, 0.717) is 22.1 Å². The van der Waals surface area contributed by atoms with Gasteiger partial charge in [0.05, 0.1) is 4.92 Å². The van der Waals surface area contributed by atoms with Crippen molar-refractivity contribution in [2.24, 2.45) is 0 Å². The first-order valence-electron chi connectivity index (χ1n) is 9.06. The number of rotatable bonds is 7. The van der Waals surface area contributed by atoms with Gasteiger partial charge in [0, 0.05) is 23.9 Å². The highest BCUT2D eigenvalue weighted by Gasteiger charge is 2.31. The van der Waals surface area contributed by atoms with E-state index in [0.717, 1.165) is 9.69 Å². The van der Waals surface area contributed by atoms with Gasteiger partial charge >= 0.3 is 6.72 Å². The predicted octanol–water partition coefficient (Wildman–Crippen LogP) is 2.95. The first-order chi connectivity index (χ1) is 15.5. The van der Waals surface area contributed by atoms with Gasteiger partial charge in [0.2, 0.25) is 0 Å². The average molecular weight is 469 g/mol. The van der Waals surface area contributed by atoms with Gasteiger partial charge in [-0.1, -0.05) is 34.0 Å². The van der Waals surface area contributed by atoms with Gasteiger partial charge in [-0.05, 0) is 46.8 Å². The Balaban J connectivity index is 1.52. The number of hydrogen-bond donors (Lipinski definition) is 0. The Morgan fingerprint density at radius 3 is 1.81 bits per heavy atom. The largest absolute Gasteiger partial charge is 0.531 e. The van der Waals surface area contributed by atoms with Crippen molar-refractivity contribution >= 4 is 46.3 Å². The molecule has 14 heteroatoms. The van der Waals surface area contributed by atoms with Crippen molar-refractivity contribution in [2.45, 2.75) is 0 Å². The second-order valence-corrected chi connectivity index (χ2v) is 9.10. The second kappa shape index (κ2) is 7.87. The first-order valence-corrected chi connectivity index (χ1v) is 11.6. The molecule has 0 saturated carbocycles. The minimum absolute atomic E-state index is 0.1000. The Labute approximate surface area is 184 Å². The van der Waals surface area contributed by atoms with Crippen LogP contribution in [0.3, 0.4) is 0 Å². The lowest BCUT2D eigenvalue weighted by molar-refractivity contribution is -0.384. The van der Waals surface area contributed by atoms with Crippen LogP contribution in [0.5, 0.6) is 5.75 Å².